The van der Waals surface area contributed by atoms with Gasteiger partial charge in [0.25, 0.3) is 0 Å². The lowest BCUT2D eigenvalue weighted by molar-refractivity contribution is -0.138. The van der Waals surface area contributed by atoms with Crippen LogP contribution in [0.3, 0.4) is 0 Å². The fraction of sp³-hybridized carbons (Fsp3) is 0.818. The lowest BCUT2D eigenvalue weighted by atomic mass is 9.84. The average molecular weight is 200 g/mol. The number of aldehydes is 1. The molecule has 0 heterocycles. The first kappa shape index (κ1) is 13.3. The summed E-state index contributed by atoms with van der Waals surface area (Å²) in [6, 6.07) is 0. The van der Waals surface area contributed by atoms with Gasteiger partial charge >= 0.3 is 0 Å². The van der Waals surface area contributed by atoms with Crippen LogP contribution in [0.4, 0.5) is 0 Å². The van der Waals surface area contributed by atoms with Crippen molar-refractivity contribution < 1.29 is 14.7 Å². The van der Waals surface area contributed by atoms with E-state index in [0.29, 0.717) is 12.7 Å². The van der Waals surface area contributed by atoms with Gasteiger partial charge in [0.2, 0.25) is 0 Å². The Labute approximate surface area is 85.5 Å². The van der Waals surface area contributed by atoms with Gasteiger partial charge in [0, 0.05) is 6.42 Å². The molecular weight excluding hydrogens is 180 g/mol. The van der Waals surface area contributed by atoms with E-state index in [1.54, 1.807) is 13.8 Å². The Morgan fingerprint density at radius 3 is 2.43 bits per heavy atom. The predicted octanol–water partition coefficient (Wildman–Crippen LogP) is 1.72. The Kier molecular flexibility index (Phi) is 5.62. The van der Waals surface area contributed by atoms with E-state index in [1.807, 2.05) is 0 Å². The van der Waals surface area contributed by atoms with Gasteiger partial charge in [0.1, 0.15) is 12.4 Å². The number of Topliss-reactive ketones (excluding diaryl/α,β-unsaturated/α-hetero) is 1. The molecule has 0 saturated heterocycles. The highest BCUT2D eigenvalue weighted by Gasteiger charge is 2.32. The van der Waals surface area contributed by atoms with E-state index in [1.165, 1.54) is 0 Å². The van der Waals surface area contributed by atoms with Crippen LogP contribution in [0, 0.1) is 5.41 Å². The largest absolute Gasteiger partial charge is 0.384 e. The van der Waals surface area contributed by atoms with Gasteiger partial charge in [-0.15, -0.1) is 0 Å². The second-order valence-electron chi connectivity index (χ2n) is 4.27. The van der Waals surface area contributed by atoms with Gasteiger partial charge in [0.15, 0.2) is 5.78 Å². The molecule has 0 aliphatic rings. The third-order valence-electron chi connectivity index (χ3n) is 2.34. The molecule has 1 unspecified atom stereocenters. The Morgan fingerprint density at radius 2 is 2.00 bits per heavy atom. The molecule has 3 nitrogen and oxygen atoms in total. The van der Waals surface area contributed by atoms with Crippen molar-refractivity contribution in [1.82, 2.24) is 0 Å². The van der Waals surface area contributed by atoms with E-state index in [0.717, 1.165) is 19.3 Å². The minimum Gasteiger partial charge on any atom is -0.384 e. The quantitative estimate of drug-likeness (QED) is 0.503. The summed E-state index contributed by atoms with van der Waals surface area (Å²) in [4.78, 5) is 22.0. The van der Waals surface area contributed by atoms with Crippen molar-refractivity contribution in [3.8, 4) is 0 Å². The number of rotatable bonds is 7. The SMILES string of the molecule is CCCCCC(=O)C(O)C(C)(C)C=O. The van der Waals surface area contributed by atoms with Crippen molar-refractivity contribution >= 4 is 12.1 Å². The van der Waals surface area contributed by atoms with Crippen LogP contribution in [0.2, 0.25) is 0 Å². The van der Waals surface area contributed by atoms with Crippen LogP contribution in [0.1, 0.15) is 46.5 Å². The second kappa shape index (κ2) is 5.91. The highest BCUT2D eigenvalue weighted by Crippen LogP contribution is 2.19. The lowest BCUT2D eigenvalue weighted by Gasteiger charge is -2.22. The highest BCUT2D eigenvalue weighted by atomic mass is 16.3. The molecule has 0 radical (unpaired) electrons. The van der Waals surface area contributed by atoms with E-state index in [9.17, 15) is 14.7 Å². The number of aliphatic hydroxyl groups excluding tert-OH is 1. The van der Waals surface area contributed by atoms with Crippen LogP contribution in [-0.2, 0) is 9.59 Å². The molecule has 0 aromatic carbocycles. The minimum absolute atomic E-state index is 0.226. The predicted molar refractivity (Wildman–Crippen MR) is 55.0 cm³/mol. The maximum atomic E-state index is 11.4. The van der Waals surface area contributed by atoms with E-state index in [-0.39, 0.29) is 5.78 Å². The molecule has 0 bridgehead atoms. The Morgan fingerprint density at radius 1 is 1.43 bits per heavy atom. The summed E-state index contributed by atoms with van der Waals surface area (Å²) in [5, 5.41) is 9.56. The van der Waals surface area contributed by atoms with Gasteiger partial charge in [-0.05, 0) is 6.42 Å². The molecule has 3 heteroatoms. The summed E-state index contributed by atoms with van der Waals surface area (Å²) >= 11 is 0. The first-order valence-corrected chi connectivity index (χ1v) is 5.12. The zero-order chi connectivity index (χ0) is 11.2. The minimum atomic E-state index is -1.16. The molecule has 1 N–H and O–H groups in total. The fourth-order valence-corrected chi connectivity index (χ4v) is 1.17. The van der Waals surface area contributed by atoms with Crippen molar-refractivity contribution in [1.29, 1.82) is 0 Å². The molecular formula is C11H20O3. The summed E-state index contributed by atoms with van der Waals surface area (Å²) < 4.78 is 0. The third-order valence-corrected chi connectivity index (χ3v) is 2.34. The van der Waals surface area contributed by atoms with Crippen molar-refractivity contribution in [3.05, 3.63) is 0 Å². The van der Waals surface area contributed by atoms with Crippen LogP contribution in [0.5, 0.6) is 0 Å². The number of carbonyl (C=O) groups excluding carboxylic acids is 2. The van der Waals surface area contributed by atoms with Crippen molar-refractivity contribution in [2.24, 2.45) is 5.41 Å². The van der Waals surface area contributed by atoms with Crippen molar-refractivity contribution in [2.45, 2.75) is 52.6 Å². The Bertz CT molecular complexity index is 197. The number of carbonyl (C=O) groups is 2. The molecule has 0 aliphatic carbocycles. The first-order chi connectivity index (χ1) is 6.45. The van der Waals surface area contributed by atoms with E-state index < -0.39 is 11.5 Å². The third kappa shape index (κ3) is 4.01. The second-order valence-corrected chi connectivity index (χ2v) is 4.27. The summed E-state index contributed by atoms with van der Waals surface area (Å²) in [7, 11) is 0. The first-order valence-electron chi connectivity index (χ1n) is 5.12. The van der Waals surface area contributed by atoms with Gasteiger partial charge in [0.05, 0.1) is 5.41 Å². The fourth-order valence-electron chi connectivity index (χ4n) is 1.17. The standard InChI is InChI=1S/C11H20O3/c1-4-5-6-7-9(13)10(14)11(2,3)8-12/h8,10,14H,4-7H2,1-3H3. The molecule has 0 spiro atoms. The molecule has 0 rings (SSSR count). The smallest absolute Gasteiger partial charge is 0.162 e. The molecule has 14 heavy (non-hydrogen) atoms. The van der Waals surface area contributed by atoms with Crippen LogP contribution in [0.15, 0.2) is 0 Å². The van der Waals surface area contributed by atoms with Gasteiger partial charge in [-0.25, -0.2) is 0 Å². The maximum absolute atomic E-state index is 11.4. The Balaban J connectivity index is 4.05. The lowest BCUT2D eigenvalue weighted by Crippen LogP contribution is -2.37. The van der Waals surface area contributed by atoms with E-state index >= 15 is 0 Å². The van der Waals surface area contributed by atoms with Gasteiger partial charge in [-0.2, -0.15) is 0 Å². The summed E-state index contributed by atoms with van der Waals surface area (Å²) in [5.41, 5.74) is -0.955. The van der Waals surface area contributed by atoms with Crippen molar-refractivity contribution in [3.63, 3.8) is 0 Å². The molecule has 82 valence electrons. The summed E-state index contributed by atoms with van der Waals surface area (Å²) in [6.07, 6.45) is 2.67. The van der Waals surface area contributed by atoms with Crippen LogP contribution in [0.25, 0.3) is 0 Å². The molecule has 0 fully saturated rings. The molecule has 0 amide bonds. The normalized spacial score (nSPS) is 13.7. The van der Waals surface area contributed by atoms with E-state index in [4.69, 9.17) is 0 Å². The number of aliphatic hydroxyl groups is 1. The van der Waals surface area contributed by atoms with Gasteiger partial charge in [-0.1, -0.05) is 33.6 Å². The topological polar surface area (TPSA) is 54.4 Å². The number of hydrogen-bond acceptors (Lipinski definition) is 3. The average Bonchev–Trinajstić information content (AvgIpc) is 2.17. The number of hydrogen-bond donors (Lipinski definition) is 1. The van der Waals surface area contributed by atoms with Gasteiger partial charge in [-0.3, -0.25) is 4.79 Å². The zero-order valence-electron chi connectivity index (χ0n) is 9.25. The molecule has 0 aliphatic heterocycles. The summed E-state index contributed by atoms with van der Waals surface area (Å²) in [5.74, 6) is -0.226. The van der Waals surface area contributed by atoms with Crippen molar-refractivity contribution in [2.75, 3.05) is 0 Å². The van der Waals surface area contributed by atoms with Crippen LogP contribution >= 0.6 is 0 Å². The van der Waals surface area contributed by atoms with Gasteiger partial charge < -0.3 is 9.90 Å². The zero-order valence-corrected chi connectivity index (χ0v) is 9.25. The Hall–Kier alpha value is -0.700. The monoisotopic (exact) mass is 200 g/mol. The number of unbranched alkanes of at least 4 members (excludes halogenated alkanes) is 2. The molecule has 0 saturated carbocycles. The molecule has 0 aromatic heterocycles. The summed E-state index contributed by atoms with van der Waals surface area (Å²) in [6.45, 7) is 5.20. The van der Waals surface area contributed by atoms with E-state index in [2.05, 4.69) is 6.92 Å². The molecule has 0 aromatic rings. The molecule has 1 atom stereocenters. The maximum Gasteiger partial charge on any atom is 0.162 e. The van der Waals surface area contributed by atoms with Crippen LogP contribution in [-0.4, -0.2) is 23.3 Å². The highest BCUT2D eigenvalue weighted by molar-refractivity contribution is 5.86. The van der Waals surface area contributed by atoms with Crippen LogP contribution < -0.4 is 0 Å². The number of ketones is 1.